The van der Waals surface area contributed by atoms with E-state index in [1.165, 1.54) is 0 Å². The summed E-state index contributed by atoms with van der Waals surface area (Å²) in [7, 11) is 8.00. The Morgan fingerprint density at radius 3 is 0.529 bits per heavy atom. The minimum atomic E-state index is -1.08. The summed E-state index contributed by atoms with van der Waals surface area (Å²) in [6.07, 6.45) is 0. The first kappa shape index (κ1) is 60.5. The van der Waals surface area contributed by atoms with Crippen LogP contribution in [0.15, 0.2) is 0 Å². The maximum absolute atomic E-state index is 13.5. The molecule has 0 aliphatic heterocycles. The molecule has 0 saturated carbocycles. The topological polar surface area (TPSA) is 351 Å². The molecule has 30 heteroatoms. The normalized spacial score (nSPS) is 10.2. The molecule has 0 saturated heterocycles. The third-order valence-corrected chi connectivity index (χ3v) is 8.62. The van der Waals surface area contributed by atoms with Gasteiger partial charge in [-0.3, -0.25) is 67.1 Å². The highest BCUT2D eigenvalue weighted by Crippen LogP contribution is 2.05. The lowest BCUT2D eigenvalue weighted by molar-refractivity contribution is -0.157. The summed E-state index contributed by atoms with van der Waals surface area (Å²) in [5.74, 6) is -14.2. The first-order chi connectivity index (χ1) is 32.1. The van der Waals surface area contributed by atoms with Crippen molar-refractivity contribution in [2.75, 3.05) is 162 Å². The number of amides is 6. The van der Waals surface area contributed by atoms with Gasteiger partial charge >= 0.3 is 47.8 Å². The van der Waals surface area contributed by atoms with Gasteiger partial charge in [-0.25, -0.2) is 0 Å². The second-order valence-electron chi connectivity index (χ2n) is 13.2. The average Bonchev–Trinajstić information content (AvgIpc) is 3.32. The van der Waals surface area contributed by atoms with Gasteiger partial charge in [-0.15, -0.1) is 0 Å². The number of ether oxygens (including phenoxy) is 10. The molecule has 0 fully saturated rings. The van der Waals surface area contributed by atoms with Gasteiger partial charge in [-0.2, -0.15) is 0 Å². The molecule has 0 aromatic carbocycles. The lowest BCUT2D eigenvalue weighted by Gasteiger charge is -2.28. The van der Waals surface area contributed by atoms with Crippen LogP contribution in [0, 0.1) is 0 Å². The van der Waals surface area contributed by atoms with E-state index < -0.39 is 188 Å². The Labute approximate surface area is 388 Å². The molecule has 0 unspecified atom stereocenters. The van der Waals surface area contributed by atoms with Crippen molar-refractivity contribution in [3.05, 3.63) is 0 Å². The second kappa shape index (κ2) is 33.0. The number of esters is 8. The maximum Gasteiger partial charge on any atom is 0.325 e. The lowest BCUT2D eigenvalue weighted by atomic mass is 10.3. The minimum absolute atomic E-state index is 0.488. The van der Waals surface area contributed by atoms with Crippen LogP contribution in [0.2, 0.25) is 0 Å². The SMILES string of the molecule is COC(=O)CN(CC(=O)OC)C(=O)CN(CC(=O)N(CC(=O)OC)CC(=O)OC)C(=O)COCCOCC(=O)N(CC(=O)N(CC(=O)OC)CC(=O)OC)CC(=O)N(CC(=O)OC)CC(=O)OC. The zero-order valence-electron chi connectivity index (χ0n) is 38.8. The summed E-state index contributed by atoms with van der Waals surface area (Å²) in [4.78, 5) is 181. The third kappa shape index (κ3) is 24.1. The van der Waals surface area contributed by atoms with Crippen LogP contribution >= 0.6 is 0 Å². The maximum atomic E-state index is 13.5. The van der Waals surface area contributed by atoms with E-state index in [4.69, 9.17) is 9.47 Å². The summed E-state index contributed by atoms with van der Waals surface area (Å²) in [6.45, 7) is -13.0. The molecule has 0 aliphatic rings. The Bertz CT molecular complexity index is 1520. The summed E-state index contributed by atoms with van der Waals surface area (Å²) >= 11 is 0. The number of carbonyl (C=O) groups is 14. The van der Waals surface area contributed by atoms with E-state index >= 15 is 0 Å². The molecular formula is C38H56N6O24. The van der Waals surface area contributed by atoms with Crippen LogP contribution in [0.3, 0.4) is 0 Å². The molecule has 0 atom stereocenters. The van der Waals surface area contributed by atoms with Gasteiger partial charge in [0.1, 0.15) is 91.8 Å². The van der Waals surface area contributed by atoms with E-state index in [0.29, 0.717) is 29.4 Å². The van der Waals surface area contributed by atoms with Gasteiger partial charge in [-0.1, -0.05) is 0 Å². The Morgan fingerprint density at radius 1 is 0.235 bits per heavy atom. The molecule has 0 bridgehead atoms. The van der Waals surface area contributed by atoms with Crippen molar-refractivity contribution in [2.45, 2.75) is 0 Å². The number of hydrogen-bond donors (Lipinski definition) is 0. The van der Waals surface area contributed by atoms with Crippen LogP contribution in [0.4, 0.5) is 0 Å². The average molecular weight is 981 g/mol. The van der Waals surface area contributed by atoms with Crippen LogP contribution in [0.25, 0.3) is 0 Å². The van der Waals surface area contributed by atoms with E-state index in [1.54, 1.807) is 0 Å². The lowest BCUT2D eigenvalue weighted by Crippen LogP contribution is -2.51. The first-order valence-electron chi connectivity index (χ1n) is 19.5. The Kier molecular flexibility index (Phi) is 29.4. The molecule has 30 nitrogen and oxygen atoms in total. The van der Waals surface area contributed by atoms with Crippen molar-refractivity contribution in [3.63, 3.8) is 0 Å². The smallest absolute Gasteiger partial charge is 0.325 e. The minimum Gasteiger partial charge on any atom is -0.468 e. The van der Waals surface area contributed by atoms with Gasteiger partial charge < -0.3 is 76.8 Å². The van der Waals surface area contributed by atoms with Crippen molar-refractivity contribution in [2.24, 2.45) is 0 Å². The molecule has 0 aliphatic carbocycles. The van der Waals surface area contributed by atoms with Gasteiger partial charge in [0, 0.05) is 0 Å². The fraction of sp³-hybridized carbons (Fsp3) is 0.632. The Balaban J connectivity index is 6.36. The fourth-order valence-electron chi connectivity index (χ4n) is 4.83. The predicted molar refractivity (Wildman–Crippen MR) is 217 cm³/mol. The van der Waals surface area contributed by atoms with E-state index in [0.717, 1.165) is 56.9 Å². The van der Waals surface area contributed by atoms with Gasteiger partial charge in [0.2, 0.25) is 35.4 Å². The molecule has 6 amide bonds. The highest BCUT2D eigenvalue weighted by molar-refractivity contribution is 5.95. The molecule has 0 aromatic heterocycles. The van der Waals surface area contributed by atoms with Crippen LogP contribution in [-0.4, -0.2) is 274 Å². The number of nitrogens with zero attached hydrogens (tertiary/aromatic N) is 6. The van der Waals surface area contributed by atoms with Crippen LogP contribution < -0.4 is 0 Å². The third-order valence-electron chi connectivity index (χ3n) is 8.62. The van der Waals surface area contributed by atoms with E-state index in [1.807, 2.05) is 0 Å². The van der Waals surface area contributed by atoms with Crippen molar-refractivity contribution in [1.29, 1.82) is 0 Å². The van der Waals surface area contributed by atoms with Crippen molar-refractivity contribution in [1.82, 2.24) is 29.4 Å². The van der Waals surface area contributed by atoms with E-state index in [9.17, 15) is 67.1 Å². The summed E-state index contributed by atoms with van der Waals surface area (Å²) in [5, 5.41) is 0. The van der Waals surface area contributed by atoms with Gasteiger partial charge in [-0.05, 0) is 0 Å². The highest BCUT2D eigenvalue weighted by Gasteiger charge is 2.32. The van der Waals surface area contributed by atoms with Crippen LogP contribution in [0.1, 0.15) is 0 Å². The van der Waals surface area contributed by atoms with Crippen LogP contribution in [0.5, 0.6) is 0 Å². The summed E-state index contributed by atoms with van der Waals surface area (Å²) in [6, 6.07) is 0. The van der Waals surface area contributed by atoms with Crippen molar-refractivity contribution in [3.8, 4) is 0 Å². The number of methoxy groups -OCH3 is 8. The molecule has 0 heterocycles. The summed E-state index contributed by atoms with van der Waals surface area (Å²) < 4.78 is 47.1. The Morgan fingerprint density at radius 2 is 0.382 bits per heavy atom. The van der Waals surface area contributed by atoms with E-state index in [2.05, 4.69) is 37.9 Å². The first-order valence-corrected chi connectivity index (χ1v) is 19.5. The molecule has 0 aromatic rings. The Hall–Kier alpha value is -7.50. The zero-order chi connectivity index (χ0) is 51.9. The molecule has 382 valence electrons. The van der Waals surface area contributed by atoms with Crippen molar-refractivity contribution >= 4 is 83.2 Å². The number of carbonyl (C=O) groups excluding carboxylic acids is 14. The zero-order valence-corrected chi connectivity index (χ0v) is 38.8. The highest BCUT2D eigenvalue weighted by atomic mass is 16.6. The second-order valence-corrected chi connectivity index (χ2v) is 13.2. The molecule has 68 heavy (non-hydrogen) atoms. The summed E-state index contributed by atoms with van der Waals surface area (Å²) in [5.41, 5.74) is 0. The van der Waals surface area contributed by atoms with E-state index in [-0.39, 0.29) is 0 Å². The fourth-order valence-corrected chi connectivity index (χ4v) is 4.83. The van der Waals surface area contributed by atoms with Gasteiger partial charge in [0.25, 0.3) is 0 Å². The van der Waals surface area contributed by atoms with Crippen molar-refractivity contribution < 1.29 is 114 Å². The predicted octanol–water partition coefficient (Wildman–Crippen LogP) is -6.62. The quantitative estimate of drug-likeness (QED) is 0.0354. The molecular weight excluding hydrogens is 924 g/mol. The van der Waals surface area contributed by atoms with Gasteiger partial charge in [0.05, 0.1) is 70.1 Å². The molecule has 0 spiro atoms. The molecule has 0 N–H and O–H groups in total. The van der Waals surface area contributed by atoms with Crippen LogP contribution in [-0.2, 0) is 114 Å². The molecule has 0 rings (SSSR count). The molecule has 0 radical (unpaired) electrons. The largest absolute Gasteiger partial charge is 0.468 e. The monoisotopic (exact) mass is 980 g/mol. The van der Waals surface area contributed by atoms with Gasteiger partial charge in [0.15, 0.2) is 0 Å². The number of hydrogen-bond acceptors (Lipinski definition) is 24. The standard InChI is InChI=1S/C38H56N6O24/c1-59-31(51)15-41(16-32(52)60-2)25(45)11-39(12-26(46)42(17-33(53)61-3)18-34(54)62-4)29(49)23-67-9-10-68-24-30(50)40(13-27(47)43(19-35(55)63-5)20-36(56)64-6)14-28(48)44(21-37(57)65-7)22-38(58)66-8/h9-24H2,1-8H3. The number of rotatable bonds is 31.